The molecule has 4 rings (SSSR count). The molecule has 5 nitrogen and oxygen atoms in total. The minimum atomic E-state index is -0.0609. The smallest absolute Gasteiger partial charge is 0.244 e. The number of rotatable bonds is 7. The molecule has 0 bridgehead atoms. The van der Waals surface area contributed by atoms with E-state index >= 15 is 0 Å². The summed E-state index contributed by atoms with van der Waals surface area (Å²) in [6.07, 6.45) is 7.33. The SMILES string of the molecule is O=C(CNc1ccccc1Cc1ccccc1)Nc1ccnn1C1CCCC1. The molecule has 1 aromatic heterocycles. The minimum Gasteiger partial charge on any atom is -0.376 e. The largest absolute Gasteiger partial charge is 0.376 e. The third-order valence-corrected chi connectivity index (χ3v) is 5.30. The van der Waals surface area contributed by atoms with Crippen LogP contribution in [0.5, 0.6) is 0 Å². The average molecular weight is 374 g/mol. The van der Waals surface area contributed by atoms with Crippen LogP contribution >= 0.6 is 0 Å². The molecule has 0 saturated heterocycles. The zero-order valence-corrected chi connectivity index (χ0v) is 16.0. The summed E-state index contributed by atoms with van der Waals surface area (Å²) in [6, 6.07) is 20.8. The molecule has 5 heteroatoms. The van der Waals surface area contributed by atoms with Crippen molar-refractivity contribution in [2.24, 2.45) is 0 Å². The molecule has 2 aromatic carbocycles. The van der Waals surface area contributed by atoms with Gasteiger partial charge in [-0.3, -0.25) is 4.79 Å². The summed E-state index contributed by atoms with van der Waals surface area (Å²) < 4.78 is 1.97. The van der Waals surface area contributed by atoms with Crippen LogP contribution in [0.25, 0.3) is 0 Å². The van der Waals surface area contributed by atoms with Gasteiger partial charge >= 0.3 is 0 Å². The van der Waals surface area contributed by atoms with Gasteiger partial charge in [0.2, 0.25) is 5.91 Å². The zero-order chi connectivity index (χ0) is 19.2. The highest BCUT2D eigenvalue weighted by atomic mass is 16.2. The first kappa shape index (κ1) is 18.3. The molecular weight excluding hydrogens is 348 g/mol. The standard InChI is InChI=1S/C23H26N4O/c28-23(26-22-14-15-25-27(22)20-11-5-6-12-20)17-24-21-13-7-4-10-19(21)16-18-8-2-1-3-9-18/h1-4,7-10,13-15,20,24H,5-6,11-12,16-17H2,(H,26,28). The van der Waals surface area contributed by atoms with Gasteiger partial charge in [-0.05, 0) is 36.5 Å². The molecule has 1 saturated carbocycles. The second-order valence-electron chi connectivity index (χ2n) is 7.32. The van der Waals surface area contributed by atoms with Crippen molar-refractivity contribution in [3.8, 4) is 0 Å². The Labute approximate surface area is 165 Å². The summed E-state index contributed by atoms with van der Waals surface area (Å²) in [7, 11) is 0. The van der Waals surface area contributed by atoms with Gasteiger partial charge in [0.1, 0.15) is 5.82 Å². The van der Waals surface area contributed by atoms with Gasteiger partial charge < -0.3 is 10.6 Å². The number of hydrogen-bond donors (Lipinski definition) is 2. The van der Waals surface area contributed by atoms with Crippen molar-refractivity contribution >= 4 is 17.4 Å². The molecule has 1 aliphatic rings. The van der Waals surface area contributed by atoms with Crippen LogP contribution in [0.4, 0.5) is 11.5 Å². The molecule has 1 aliphatic carbocycles. The summed E-state index contributed by atoms with van der Waals surface area (Å²) >= 11 is 0. The highest BCUT2D eigenvalue weighted by Crippen LogP contribution is 2.31. The summed E-state index contributed by atoms with van der Waals surface area (Å²) in [5, 5.41) is 10.7. The maximum Gasteiger partial charge on any atom is 0.244 e. The van der Waals surface area contributed by atoms with Crippen LogP contribution in [0, 0.1) is 0 Å². The number of hydrogen-bond acceptors (Lipinski definition) is 3. The van der Waals surface area contributed by atoms with Gasteiger partial charge in [-0.15, -0.1) is 0 Å². The first-order valence-electron chi connectivity index (χ1n) is 9.98. The van der Waals surface area contributed by atoms with Crippen LogP contribution in [-0.4, -0.2) is 22.2 Å². The molecule has 2 N–H and O–H groups in total. The highest BCUT2D eigenvalue weighted by molar-refractivity contribution is 5.93. The summed E-state index contributed by atoms with van der Waals surface area (Å²) in [4.78, 5) is 12.5. The summed E-state index contributed by atoms with van der Waals surface area (Å²) in [5.74, 6) is 0.727. The van der Waals surface area contributed by atoms with E-state index in [-0.39, 0.29) is 12.5 Å². The van der Waals surface area contributed by atoms with E-state index in [1.807, 2.05) is 47.1 Å². The third-order valence-electron chi connectivity index (χ3n) is 5.30. The Morgan fingerprint density at radius 2 is 1.75 bits per heavy atom. The van der Waals surface area contributed by atoms with Gasteiger partial charge in [-0.2, -0.15) is 5.10 Å². The molecule has 28 heavy (non-hydrogen) atoms. The normalized spacial score (nSPS) is 14.1. The van der Waals surface area contributed by atoms with E-state index in [1.165, 1.54) is 24.0 Å². The van der Waals surface area contributed by atoms with Gasteiger partial charge in [0, 0.05) is 11.8 Å². The fourth-order valence-corrected chi connectivity index (χ4v) is 3.88. The number of amides is 1. The van der Waals surface area contributed by atoms with Crippen molar-refractivity contribution in [3.63, 3.8) is 0 Å². The molecule has 0 spiro atoms. The van der Waals surface area contributed by atoms with E-state index in [1.54, 1.807) is 6.20 Å². The monoisotopic (exact) mass is 374 g/mol. The molecular formula is C23H26N4O. The lowest BCUT2D eigenvalue weighted by Crippen LogP contribution is -2.24. The Bertz CT molecular complexity index is 913. The Morgan fingerprint density at radius 1 is 1.00 bits per heavy atom. The summed E-state index contributed by atoms with van der Waals surface area (Å²) in [6.45, 7) is 0.224. The van der Waals surface area contributed by atoms with Gasteiger partial charge in [-0.1, -0.05) is 61.4 Å². The Kier molecular flexibility index (Phi) is 5.71. The minimum absolute atomic E-state index is 0.0609. The van der Waals surface area contributed by atoms with Crippen molar-refractivity contribution in [3.05, 3.63) is 78.0 Å². The number of carbonyl (C=O) groups excluding carboxylic acids is 1. The van der Waals surface area contributed by atoms with Gasteiger partial charge in [0.25, 0.3) is 0 Å². The number of aromatic nitrogens is 2. The number of carbonyl (C=O) groups is 1. The number of nitrogens with one attached hydrogen (secondary N) is 2. The number of anilines is 2. The van der Waals surface area contributed by atoms with Crippen molar-refractivity contribution in [2.75, 3.05) is 17.2 Å². The lowest BCUT2D eigenvalue weighted by Gasteiger charge is -2.15. The first-order valence-corrected chi connectivity index (χ1v) is 9.98. The number of benzene rings is 2. The van der Waals surface area contributed by atoms with Crippen LogP contribution < -0.4 is 10.6 Å². The predicted molar refractivity (Wildman–Crippen MR) is 113 cm³/mol. The van der Waals surface area contributed by atoms with E-state index < -0.39 is 0 Å². The Balaban J connectivity index is 1.37. The van der Waals surface area contributed by atoms with Crippen molar-refractivity contribution in [1.82, 2.24) is 9.78 Å². The molecule has 0 unspecified atom stereocenters. The lowest BCUT2D eigenvalue weighted by atomic mass is 10.0. The molecule has 144 valence electrons. The number of para-hydroxylation sites is 1. The maximum absolute atomic E-state index is 12.5. The topological polar surface area (TPSA) is 59.0 Å². The van der Waals surface area contributed by atoms with Crippen molar-refractivity contribution in [2.45, 2.75) is 38.1 Å². The molecule has 1 heterocycles. The molecule has 0 radical (unpaired) electrons. The fraction of sp³-hybridized carbons (Fsp3) is 0.304. The number of nitrogens with zero attached hydrogens (tertiary/aromatic N) is 2. The van der Waals surface area contributed by atoms with Crippen LogP contribution in [0.2, 0.25) is 0 Å². The molecule has 0 atom stereocenters. The quantitative estimate of drug-likeness (QED) is 0.633. The molecule has 1 amide bonds. The van der Waals surface area contributed by atoms with Gasteiger partial charge in [-0.25, -0.2) is 4.68 Å². The predicted octanol–water partition coefficient (Wildman–Crippen LogP) is 4.64. The van der Waals surface area contributed by atoms with E-state index in [0.29, 0.717) is 6.04 Å². The first-order chi connectivity index (χ1) is 13.8. The van der Waals surface area contributed by atoms with E-state index in [4.69, 9.17) is 0 Å². The van der Waals surface area contributed by atoms with Crippen molar-refractivity contribution in [1.29, 1.82) is 0 Å². The van der Waals surface area contributed by atoms with E-state index in [9.17, 15) is 4.79 Å². The second-order valence-corrected chi connectivity index (χ2v) is 7.32. The van der Waals surface area contributed by atoms with Gasteiger partial charge in [0.05, 0.1) is 18.8 Å². The molecule has 1 fully saturated rings. The summed E-state index contributed by atoms with van der Waals surface area (Å²) in [5.41, 5.74) is 3.42. The molecule has 0 aliphatic heterocycles. The van der Waals surface area contributed by atoms with Crippen LogP contribution in [0.1, 0.15) is 42.9 Å². The van der Waals surface area contributed by atoms with E-state index in [2.05, 4.69) is 33.9 Å². The van der Waals surface area contributed by atoms with Crippen LogP contribution in [0.15, 0.2) is 66.9 Å². The van der Waals surface area contributed by atoms with Crippen molar-refractivity contribution < 1.29 is 4.79 Å². The Morgan fingerprint density at radius 3 is 2.57 bits per heavy atom. The van der Waals surface area contributed by atoms with Crippen LogP contribution in [0.3, 0.4) is 0 Å². The second kappa shape index (κ2) is 8.74. The highest BCUT2D eigenvalue weighted by Gasteiger charge is 2.20. The average Bonchev–Trinajstić information content (AvgIpc) is 3.40. The fourth-order valence-electron chi connectivity index (χ4n) is 3.88. The van der Waals surface area contributed by atoms with E-state index in [0.717, 1.165) is 30.8 Å². The molecule has 3 aromatic rings. The third kappa shape index (κ3) is 4.42. The van der Waals surface area contributed by atoms with Crippen LogP contribution in [-0.2, 0) is 11.2 Å². The Hall–Kier alpha value is -3.08. The zero-order valence-electron chi connectivity index (χ0n) is 16.0. The maximum atomic E-state index is 12.5. The lowest BCUT2D eigenvalue weighted by molar-refractivity contribution is -0.114. The van der Waals surface area contributed by atoms with Gasteiger partial charge in [0.15, 0.2) is 0 Å².